The number of imidazole rings is 1. The van der Waals surface area contributed by atoms with E-state index >= 15 is 0 Å². The molecule has 148 valence electrons. The number of thioether (sulfide) groups is 1. The zero-order chi connectivity index (χ0) is 20.0. The molecule has 0 atom stereocenters. The molecule has 0 saturated carbocycles. The number of ether oxygens (including phenoxy) is 1. The fraction of sp³-hybridized carbons (Fsp3) is 0.250. The summed E-state index contributed by atoms with van der Waals surface area (Å²) < 4.78 is 11.9. The van der Waals surface area contributed by atoms with Crippen LogP contribution in [0.5, 0.6) is 5.75 Å². The smallest absolute Gasteiger partial charge is 0.260 e. The molecule has 9 heteroatoms. The van der Waals surface area contributed by atoms with E-state index in [1.165, 1.54) is 0 Å². The van der Waals surface area contributed by atoms with E-state index in [-0.39, 0.29) is 6.04 Å². The summed E-state index contributed by atoms with van der Waals surface area (Å²) in [6.07, 6.45) is 0. The van der Waals surface area contributed by atoms with Crippen molar-refractivity contribution < 1.29 is 4.74 Å². The molecule has 0 aliphatic rings. The molecule has 0 bridgehead atoms. The van der Waals surface area contributed by atoms with Crippen molar-refractivity contribution in [3.8, 4) is 5.75 Å². The highest BCUT2D eigenvalue weighted by Crippen LogP contribution is 2.27. The normalized spacial score (nSPS) is 12.0. The first kappa shape index (κ1) is 18.3. The van der Waals surface area contributed by atoms with Gasteiger partial charge in [-0.05, 0) is 50.2 Å². The van der Waals surface area contributed by atoms with Gasteiger partial charge >= 0.3 is 0 Å². The van der Waals surface area contributed by atoms with Gasteiger partial charge in [-0.25, -0.2) is 4.40 Å². The minimum absolute atomic E-state index is 0.279. The number of nitrogens with zero attached hydrogens (tertiary/aromatic N) is 6. The van der Waals surface area contributed by atoms with Gasteiger partial charge < -0.3 is 9.30 Å². The third-order valence-corrected chi connectivity index (χ3v) is 5.83. The number of halogens is 1. The Morgan fingerprint density at radius 2 is 1.76 bits per heavy atom. The van der Waals surface area contributed by atoms with Crippen molar-refractivity contribution in [3.05, 3.63) is 53.6 Å². The van der Waals surface area contributed by atoms with E-state index in [1.807, 2.05) is 40.9 Å². The van der Waals surface area contributed by atoms with E-state index in [0.29, 0.717) is 11.6 Å². The molecular weight excluding hydrogens is 408 g/mol. The molecule has 0 N–H and O–H groups in total. The number of rotatable bonds is 6. The van der Waals surface area contributed by atoms with Crippen molar-refractivity contribution >= 4 is 46.0 Å². The number of hydrogen-bond donors (Lipinski definition) is 0. The van der Waals surface area contributed by atoms with Gasteiger partial charge in [0.15, 0.2) is 0 Å². The van der Waals surface area contributed by atoms with Gasteiger partial charge in [-0.1, -0.05) is 35.5 Å². The van der Waals surface area contributed by atoms with E-state index in [2.05, 4.69) is 45.1 Å². The number of hydrogen-bond acceptors (Lipinski definition) is 5. The maximum absolute atomic E-state index is 5.90. The summed E-state index contributed by atoms with van der Waals surface area (Å²) in [5, 5.41) is 15.0. The van der Waals surface area contributed by atoms with Crippen LogP contribution in [0.1, 0.15) is 19.9 Å². The third kappa shape index (κ3) is 3.12. The lowest BCUT2D eigenvalue weighted by Crippen LogP contribution is -2.03. The van der Waals surface area contributed by atoms with Gasteiger partial charge in [0.05, 0.1) is 17.6 Å². The SMILES string of the molecule is CC(C)n1c2ccccc2n2c1nn1c(SCCOc3ccc(Cl)cc3)nnc12. The first-order valence-corrected chi connectivity index (χ1v) is 10.7. The summed E-state index contributed by atoms with van der Waals surface area (Å²) >= 11 is 7.47. The van der Waals surface area contributed by atoms with Crippen LogP contribution in [0.4, 0.5) is 0 Å². The summed E-state index contributed by atoms with van der Waals surface area (Å²) in [7, 11) is 0. The van der Waals surface area contributed by atoms with E-state index in [9.17, 15) is 0 Å². The second-order valence-corrected chi connectivity index (χ2v) is 8.43. The molecule has 0 aliphatic heterocycles. The van der Waals surface area contributed by atoms with Crippen LogP contribution in [0.2, 0.25) is 5.02 Å². The van der Waals surface area contributed by atoms with Crippen LogP contribution >= 0.6 is 23.4 Å². The molecule has 0 spiro atoms. The average Bonchev–Trinajstić information content (AvgIpc) is 3.35. The van der Waals surface area contributed by atoms with Crippen LogP contribution < -0.4 is 4.74 Å². The summed E-state index contributed by atoms with van der Waals surface area (Å²) in [6.45, 7) is 4.87. The van der Waals surface area contributed by atoms with Crippen molar-refractivity contribution in [1.29, 1.82) is 0 Å². The molecule has 7 nitrogen and oxygen atoms in total. The molecule has 2 aromatic carbocycles. The lowest BCUT2D eigenvalue weighted by Gasteiger charge is -2.08. The van der Waals surface area contributed by atoms with E-state index in [4.69, 9.17) is 21.4 Å². The van der Waals surface area contributed by atoms with Gasteiger partial charge in [0.25, 0.3) is 5.78 Å². The lowest BCUT2D eigenvalue weighted by atomic mass is 10.3. The summed E-state index contributed by atoms with van der Waals surface area (Å²) in [5.41, 5.74) is 2.22. The van der Waals surface area contributed by atoms with Crippen LogP contribution in [-0.4, -0.2) is 41.1 Å². The molecule has 3 aromatic heterocycles. The van der Waals surface area contributed by atoms with Gasteiger partial charge in [-0.3, -0.25) is 0 Å². The second kappa shape index (κ2) is 7.27. The number of aromatic nitrogens is 6. The highest BCUT2D eigenvalue weighted by Gasteiger charge is 2.20. The molecule has 0 fully saturated rings. The van der Waals surface area contributed by atoms with Gasteiger partial charge in [0.2, 0.25) is 10.9 Å². The zero-order valence-corrected chi connectivity index (χ0v) is 17.6. The number of benzene rings is 2. The second-order valence-electron chi connectivity index (χ2n) is 6.93. The molecule has 0 amide bonds. The van der Waals surface area contributed by atoms with Crippen molar-refractivity contribution in [2.75, 3.05) is 12.4 Å². The highest BCUT2D eigenvalue weighted by molar-refractivity contribution is 7.99. The van der Waals surface area contributed by atoms with Gasteiger partial charge in [0, 0.05) is 16.8 Å². The largest absolute Gasteiger partial charge is 0.493 e. The first-order valence-electron chi connectivity index (χ1n) is 9.37. The predicted molar refractivity (Wildman–Crippen MR) is 115 cm³/mol. The van der Waals surface area contributed by atoms with E-state index < -0.39 is 0 Å². The van der Waals surface area contributed by atoms with Crippen LogP contribution in [-0.2, 0) is 0 Å². The standard InChI is InChI=1S/C20H19ClN6OS/c1-13(2)25-16-5-3-4-6-17(16)26-18-22-23-20(27(18)24-19(25)26)29-12-11-28-15-9-7-14(21)8-10-15/h3-10,13H,11-12H2,1-2H3. The minimum atomic E-state index is 0.279. The Kier molecular flexibility index (Phi) is 4.60. The minimum Gasteiger partial charge on any atom is -0.493 e. The van der Waals surface area contributed by atoms with Crippen LogP contribution in [0.15, 0.2) is 53.7 Å². The summed E-state index contributed by atoms with van der Waals surface area (Å²) in [4.78, 5) is 0. The van der Waals surface area contributed by atoms with Crippen LogP contribution in [0, 0.1) is 0 Å². The maximum Gasteiger partial charge on any atom is 0.260 e. The summed E-state index contributed by atoms with van der Waals surface area (Å²) in [5.74, 6) is 3.12. The highest BCUT2D eigenvalue weighted by atomic mass is 35.5. The Bertz CT molecular complexity index is 1300. The Balaban J connectivity index is 1.42. The van der Waals surface area contributed by atoms with Crippen molar-refractivity contribution in [1.82, 2.24) is 28.8 Å². The first-order chi connectivity index (χ1) is 14.1. The zero-order valence-electron chi connectivity index (χ0n) is 16.0. The Morgan fingerprint density at radius 1 is 1.00 bits per heavy atom. The maximum atomic E-state index is 5.90. The Hall–Kier alpha value is -2.71. The monoisotopic (exact) mass is 426 g/mol. The summed E-state index contributed by atoms with van der Waals surface area (Å²) in [6, 6.07) is 15.9. The van der Waals surface area contributed by atoms with Gasteiger partial charge in [-0.15, -0.1) is 15.3 Å². The van der Waals surface area contributed by atoms with Crippen molar-refractivity contribution in [2.45, 2.75) is 25.0 Å². The molecule has 5 aromatic rings. The Morgan fingerprint density at radius 3 is 2.52 bits per heavy atom. The molecule has 29 heavy (non-hydrogen) atoms. The number of fused-ring (bicyclic) bond motifs is 5. The van der Waals surface area contributed by atoms with Crippen molar-refractivity contribution in [2.24, 2.45) is 0 Å². The van der Waals surface area contributed by atoms with E-state index in [0.717, 1.165) is 39.2 Å². The van der Waals surface area contributed by atoms with Crippen molar-refractivity contribution in [3.63, 3.8) is 0 Å². The topological polar surface area (TPSA) is 61.7 Å². The molecule has 5 rings (SSSR count). The van der Waals surface area contributed by atoms with Crippen LogP contribution in [0.3, 0.4) is 0 Å². The van der Waals surface area contributed by atoms with E-state index in [1.54, 1.807) is 11.8 Å². The molecule has 0 unspecified atom stereocenters. The van der Waals surface area contributed by atoms with Gasteiger partial charge in [-0.2, -0.15) is 4.52 Å². The molecule has 0 radical (unpaired) electrons. The number of para-hydroxylation sites is 2. The average molecular weight is 427 g/mol. The predicted octanol–water partition coefficient (Wildman–Crippen LogP) is 4.74. The quantitative estimate of drug-likeness (QED) is 0.290. The molecule has 0 saturated heterocycles. The Labute approximate surface area is 176 Å². The molecule has 3 heterocycles. The van der Waals surface area contributed by atoms with Gasteiger partial charge in [0.1, 0.15) is 5.75 Å². The van der Waals surface area contributed by atoms with Crippen LogP contribution in [0.25, 0.3) is 22.6 Å². The molecule has 0 aliphatic carbocycles. The lowest BCUT2D eigenvalue weighted by molar-refractivity contribution is 0.344. The third-order valence-electron chi connectivity index (χ3n) is 4.70. The fourth-order valence-electron chi connectivity index (χ4n) is 3.47. The fourth-order valence-corrected chi connectivity index (χ4v) is 4.29. The molecular formula is C20H19ClN6OS.